The standard InChI is InChI=1S/C12H18N2O3S/c13-11-4-1-3-10-9(11)6-7-14-12(10)5-2-8-18(15,16)17/h1,3-4,12,14H,2,5-8,13H2,(H,15,16,17). The molecular weight excluding hydrogens is 252 g/mol. The number of fused-ring (bicyclic) bond motifs is 1. The van der Waals surface area contributed by atoms with Crippen molar-refractivity contribution >= 4 is 15.8 Å². The van der Waals surface area contributed by atoms with E-state index in [4.69, 9.17) is 10.3 Å². The molecule has 1 aliphatic heterocycles. The molecule has 0 aliphatic carbocycles. The summed E-state index contributed by atoms with van der Waals surface area (Å²) in [4.78, 5) is 0. The number of nitrogens with two attached hydrogens (primary N) is 1. The average Bonchev–Trinajstić information content (AvgIpc) is 2.29. The van der Waals surface area contributed by atoms with Crippen molar-refractivity contribution in [1.29, 1.82) is 0 Å². The third kappa shape index (κ3) is 3.22. The summed E-state index contributed by atoms with van der Waals surface area (Å²) in [7, 11) is -3.86. The third-order valence-electron chi connectivity index (χ3n) is 3.28. The molecule has 0 fully saturated rings. The molecule has 1 heterocycles. The molecule has 1 unspecified atom stereocenters. The van der Waals surface area contributed by atoms with Crippen LogP contribution in [0, 0.1) is 0 Å². The summed E-state index contributed by atoms with van der Waals surface area (Å²) in [5.74, 6) is -0.192. The molecule has 1 atom stereocenters. The Morgan fingerprint density at radius 1 is 1.44 bits per heavy atom. The van der Waals surface area contributed by atoms with Crippen LogP contribution in [0.3, 0.4) is 0 Å². The number of hydrogen-bond donors (Lipinski definition) is 3. The zero-order valence-corrected chi connectivity index (χ0v) is 10.9. The predicted octanol–water partition coefficient (Wildman–Crippen LogP) is 1.12. The van der Waals surface area contributed by atoms with E-state index in [0.717, 1.165) is 29.8 Å². The first-order chi connectivity index (χ1) is 8.47. The Labute approximate surface area is 107 Å². The lowest BCUT2D eigenvalue weighted by atomic mass is 9.91. The molecule has 18 heavy (non-hydrogen) atoms. The minimum absolute atomic E-state index is 0.124. The van der Waals surface area contributed by atoms with Crippen LogP contribution in [0.1, 0.15) is 30.0 Å². The lowest BCUT2D eigenvalue weighted by Crippen LogP contribution is -2.30. The maximum atomic E-state index is 10.7. The highest BCUT2D eigenvalue weighted by Gasteiger charge is 2.21. The highest BCUT2D eigenvalue weighted by Crippen LogP contribution is 2.29. The predicted molar refractivity (Wildman–Crippen MR) is 71.0 cm³/mol. The second-order valence-corrected chi connectivity index (χ2v) is 6.17. The highest BCUT2D eigenvalue weighted by atomic mass is 32.2. The van der Waals surface area contributed by atoms with Crippen LogP contribution in [0.15, 0.2) is 18.2 Å². The molecule has 0 saturated heterocycles. The molecule has 1 aliphatic rings. The van der Waals surface area contributed by atoms with Crippen molar-refractivity contribution in [1.82, 2.24) is 5.32 Å². The number of rotatable bonds is 4. The Morgan fingerprint density at radius 3 is 2.94 bits per heavy atom. The summed E-state index contributed by atoms with van der Waals surface area (Å²) in [6.45, 7) is 0.845. The van der Waals surface area contributed by atoms with E-state index < -0.39 is 10.1 Å². The van der Waals surface area contributed by atoms with E-state index in [-0.39, 0.29) is 11.8 Å². The van der Waals surface area contributed by atoms with E-state index >= 15 is 0 Å². The maximum absolute atomic E-state index is 10.7. The van der Waals surface area contributed by atoms with Crippen LogP contribution in [0.25, 0.3) is 0 Å². The number of nitrogen functional groups attached to an aromatic ring is 1. The number of hydrogen-bond acceptors (Lipinski definition) is 4. The van der Waals surface area contributed by atoms with Crippen molar-refractivity contribution in [3.8, 4) is 0 Å². The van der Waals surface area contributed by atoms with E-state index in [1.54, 1.807) is 0 Å². The summed E-state index contributed by atoms with van der Waals surface area (Å²) >= 11 is 0. The Hall–Kier alpha value is -1.11. The second kappa shape index (κ2) is 5.26. The molecule has 1 aromatic rings. The Kier molecular flexibility index (Phi) is 3.89. The van der Waals surface area contributed by atoms with Gasteiger partial charge < -0.3 is 11.1 Å². The molecule has 5 nitrogen and oxygen atoms in total. The molecule has 1 aromatic carbocycles. The van der Waals surface area contributed by atoms with Crippen molar-refractivity contribution < 1.29 is 13.0 Å². The fourth-order valence-electron chi connectivity index (χ4n) is 2.45. The minimum Gasteiger partial charge on any atom is -0.398 e. The maximum Gasteiger partial charge on any atom is 0.264 e. The third-order valence-corrected chi connectivity index (χ3v) is 4.09. The highest BCUT2D eigenvalue weighted by molar-refractivity contribution is 7.85. The van der Waals surface area contributed by atoms with Gasteiger partial charge in [-0.3, -0.25) is 4.55 Å². The monoisotopic (exact) mass is 270 g/mol. The number of anilines is 1. The molecule has 0 bridgehead atoms. The van der Waals surface area contributed by atoms with Crippen molar-refractivity contribution in [2.75, 3.05) is 18.0 Å². The van der Waals surface area contributed by atoms with Gasteiger partial charge in [0.25, 0.3) is 10.1 Å². The van der Waals surface area contributed by atoms with Gasteiger partial charge in [-0.15, -0.1) is 0 Å². The van der Waals surface area contributed by atoms with Gasteiger partial charge in [-0.2, -0.15) is 8.42 Å². The number of nitrogens with one attached hydrogen (secondary N) is 1. The van der Waals surface area contributed by atoms with Crippen molar-refractivity contribution in [3.05, 3.63) is 29.3 Å². The topological polar surface area (TPSA) is 92.4 Å². The molecule has 0 spiro atoms. The van der Waals surface area contributed by atoms with E-state index in [2.05, 4.69) is 5.32 Å². The van der Waals surface area contributed by atoms with Gasteiger partial charge in [0, 0.05) is 11.7 Å². The average molecular weight is 270 g/mol. The SMILES string of the molecule is Nc1cccc2c1CCNC2CCCS(=O)(=O)O. The Morgan fingerprint density at radius 2 is 2.22 bits per heavy atom. The van der Waals surface area contributed by atoms with Crippen LogP contribution in [0.4, 0.5) is 5.69 Å². The van der Waals surface area contributed by atoms with Gasteiger partial charge in [0.2, 0.25) is 0 Å². The second-order valence-electron chi connectivity index (χ2n) is 4.60. The van der Waals surface area contributed by atoms with Crippen LogP contribution in [0.5, 0.6) is 0 Å². The van der Waals surface area contributed by atoms with E-state index in [0.29, 0.717) is 12.8 Å². The van der Waals surface area contributed by atoms with Gasteiger partial charge in [0.1, 0.15) is 0 Å². The minimum atomic E-state index is -3.86. The molecule has 2 rings (SSSR count). The summed E-state index contributed by atoms with van der Waals surface area (Å²) < 4.78 is 30.1. The Bertz CT molecular complexity index is 528. The molecule has 0 saturated carbocycles. The molecule has 4 N–H and O–H groups in total. The summed E-state index contributed by atoms with van der Waals surface area (Å²) in [5, 5.41) is 3.36. The van der Waals surface area contributed by atoms with Crippen LogP contribution in [-0.2, 0) is 16.5 Å². The fourth-order valence-corrected chi connectivity index (χ4v) is 2.98. The van der Waals surface area contributed by atoms with Crippen molar-refractivity contribution in [3.63, 3.8) is 0 Å². The van der Waals surface area contributed by atoms with Crippen LogP contribution in [0.2, 0.25) is 0 Å². The van der Waals surface area contributed by atoms with Gasteiger partial charge >= 0.3 is 0 Å². The molecule has 100 valence electrons. The molecule has 0 radical (unpaired) electrons. The molecule has 6 heteroatoms. The van der Waals surface area contributed by atoms with E-state index in [9.17, 15) is 8.42 Å². The van der Waals surface area contributed by atoms with Gasteiger partial charge in [0.05, 0.1) is 5.75 Å². The zero-order chi connectivity index (χ0) is 13.2. The lowest BCUT2D eigenvalue weighted by Gasteiger charge is -2.27. The first kappa shape index (κ1) is 13.3. The zero-order valence-electron chi connectivity index (χ0n) is 10.1. The van der Waals surface area contributed by atoms with Gasteiger partial charge in [0.15, 0.2) is 0 Å². The smallest absolute Gasteiger partial charge is 0.264 e. The summed E-state index contributed by atoms with van der Waals surface area (Å²) in [6.07, 6.45) is 2.01. The molecule has 0 amide bonds. The van der Waals surface area contributed by atoms with Gasteiger partial charge in [-0.25, -0.2) is 0 Å². The number of benzene rings is 1. The van der Waals surface area contributed by atoms with Gasteiger partial charge in [-0.05, 0) is 43.0 Å². The largest absolute Gasteiger partial charge is 0.398 e. The normalized spacial score (nSPS) is 19.5. The lowest BCUT2D eigenvalue weighted by molar-refractivity contribution is 0.455. The summed E-state index contributed by atoms with van der Waals surface area (Å²) in [5.41, 5.74) is 9.05. The van der Waals surface area contributed by atoms with E-state index in [1.807, 2.05) is 18.2 Å². The molecular formula is C12H18N2O3S. The fraction of sp³-hybridized carbons (Fsp3) is 0.500. The van der Waals surface area contributed by atoms with Crippen molar-refractivity contribution in [2.24, 2.45) is 0 Å². The summed E-state index contributed by atoms with van der Waals surface area (Å²) in [6, 6.07) is 5.95. The van der Waals surface area contributed by atoms with Crippen molar-refractivity contribution in [2.45, 2.75) is 25.3 Å². The van der Waals surface area contributed by atoms with E-state index in [1.165, 1.54) is 0 Å². The van der Waals surface area contributed by atoms with Gasteiger partial charge in [-0.1, -0.05) is 12.1 Å². The quantitative estimate of drug-likeness (QED) is 0.563. The first-order valence-corrected chi connectivity index (χ1v) is 7.64. The van der Waals surface area contributed by atoms with Crippen LogP contribution in [-0.4, -0.2) is 25.3 Å². The van der Waals surface area contributed by atoms with Crippen LogP contribution < -0.4 is 11.1 Å². The first-order valence-electron chi connectivity index (χ1n) is 6.03. The Balaban J connectivity index is 2.06. The van der Waals surface area contributed by atoms with Crippen LogP contribution >= 0.6 is 0 Å². The molecule has 0 aromatic heterocycles.